The van der Waals surface area contributed by atoms with Crippen molar-refractivity contribution in [1.29, 1.82) is 0 Å². The summed E-state index contributed by atoms with van der Waals surface area (Å²) in [7, 11) is 1.64. The van der Waals surface area contributed by atoms with Crippen LogP contribution in [0.25, 0.3) is 5.76 Å². The van der Waals surface area contributed by atoms with Crippen LogP contribution >= 0.6 is 0 Å². The van der Waals surface area contributed by atoms with Crippen LogP contribution in [0.2, 0.25) is 0 Å². The van der Waals surface area contributed by atoms with Crippen molar-refractivity contribution in [3.63, 3.8) is 0 Å². The molecule has 2 aliphatic heterocycles. The smallest absolute Gasteiger partial charge is 0.250 e. The molecule has 0 aliphatic carbocycles. The minimum Gasteiger partial charge on any atom is -0.491 e. The van der Waals surface area contributed by atoms with Gasteiger partial charge >= 0.3 is 0 Å². The van der Waals surface area contributed by atoms with Crippen molar-refractivity contribution in [2.24, 2.45) is 0 Å². The molecule has 0 bridgehead atoms. The van der Waals surface area contributed by atoms with Gasteiger partial charge in [-0.1, -0.05) is 42.0 Å². The monoisotopic (exact) mass is 489 g/mol. The number of rotatable bonds is 9. The van der Waals surface area contributed by atoms with Gasteiger partial charge in [-0.15, -0.1) is 0 Å². The average molecular weight is 490 g/mol. The molecule has 8 heteroatoms. The number of hydrogen-bond donors (Lipinski definition) is 1. The molecule has 5 rings (SSSR count). The number of anilines is 1. The highest BCUT2D eigenvalue weighted by atomic mass is 16.7. The van der Waals surface area contributed by atoms with Crippen molar-refractivity contribution in [1.82, 2.24) is 10.2 Å². The number of nitrogens with zero attached hydrogens (tertiary/aromatic N) is 2. The van der Waals surface area contributed by atoms with Crippen molar-refractivity contribution in [2.75, 3.05) is 38.5 Å². The molecule has 188 valence electrons. The molecule has 36 heavy (non-hydrogen) atoms. The molecule has 0 unspecified atom stereocenters. The normalized spacial score (nSPS) is 16.0. The lowest BCUT2D eigenvalue weighted by Crippen LogP contribution is -2.29. The zero-order chi connectivity index (χ0) is 24.7. The zero-order valence-electron chi connectivity index (χ0n) is 20.4. The summed E-state index contributed by atoms with van der Waals surface area (Å²) in [5.74, 6) is 2.02. The van der Waals surface area contributed by atoms with E-state index in [1.54, 1.807) is 28.8 Å². The van der Waals surface area contributed by atoms with Crippen LogP contribution in [-0.4, -0.2) is 38.1 Å². The second-order valence-electron chi connectivity index (χ2n) is 8.91. The van der Waals surface area contributed by atoms with Crippen molar-refractivity contribution < 1.29 is 19.0 Å². The summed E-state index contributed by atoms with van der Waals surface area (Å²) in [6, 6.07) is 19.6. The van der Waals surface area contributed by atoms with E-state index in [-0.39, 0.29) is 5.56 Å². The predicted octanol–water partition coefficient (Wildman–Crippen LogP) is 4.07. The topological polar surface area (TPSA) is 74.2 Å². The number of aromatic nitrogens is 1. The average Bonchev–Trinajstić information content (AvgIpc) is 3.41. The Morgan fingerprint density at radius 3 is 2.67 bits per heavy atom. The van der Waals surface area contributed by atoms with Gasteiger partial charge in [0.05, 0.1) is 25.0 Å². The maximum absolute atomic E-state index is 12.6. The van der Waals surface area contributed by atoms with E-state index in [4.69, 9.17) is 19.0 Å². The third-order valence-corrected chi connectivity index (χ3v) is 6.44. The lowest BCUT2D eigenvalue weighted by Gasteiger charge is -2.22. The molecule has 0 amide bonds. The summed E-state index contributed by atoms with van der Waals surface area (Å²) in [6.07, 6.45) is 5.83. The predicted molar refractivity (Wildman–Crippen MR) is 138 cm³/mol. The van der Waals surface area contributed by atoms with Crippen molar-refractivity contribution in [2.45, 2.75) is 25.3 Å². The highest BCUT2D eigenvalue weighted by Gasteiger charge is 2.19. The van der Waals surface area contributed by atoms with Gasteiger partial charge in [0.25, 0.3) is 5.56 Å². The maximum atomic E-state index is 12.6. The Labute approximate surface area is 210 Å². The standard InChI is InChI=1S/C28H31N3O5/c1-33-15-16-35-26-4-2-3-21(17-26)18-30-19-25(9-10-28(30)32)31-20-27(36-29-31)24-7-5-22(6-8-24)23-11-13-34-14-12-23/h2-10,17,19-20,23,29H,11-16,18H2,1H3. The number of benzene rings is 2. The fraction of sp³-hybridized carbons (Fsp3) is 0.321. The Morgan fingerprint density at radius 2 is 1.86 bits per heavy atom. The van der Waals surface area contributed by atoms with Gasteiger partial charge in [0.15, 0.2) is 5.76 Å². The number of ether oxygens (including phenoxy) is 3. The minimum atomic E-state index is -0.0857. The van der Waals surface area contributed by atoms with E-state index in [9.17, 15) is 4.79 Å². The van der Waals surface area contributed by atoms with Crippen LogP contribution in [0.1, 0.15) is 35.4 Å². The van der Waals surface area contributed by atoms with Crippen molar-refractivity contribution >= 4 is 11.4 Å². The lowest BCUT2D eigenvalue weighted by molar-refractivity contribution is 0.0853. The summed E-state index contributed by atoms with van der Waals surface area (Å²) < 4.78 is 17.9. The van der Waals surface area contributed by atoms with Crippen LogP contribution < -0.4 is 20.9 Å². The summed E-state index contributed by atoms with van der Waals surface area (Å²) >= 11 is 0. The van der Waals surface area contributed by atoms with Gasteiger partial charge < -0.3 is 23.6 Å². The molecule has 0 radical (unpaired) electrons. The molecule has 2 aliphatic rings. The van der Waals surface area contributed by atoms with Gasteiger partial charge in [-0.05, 0) is 48.1 Å². The van der Waals surface area contributed by atoms with E-state index in [1.807, 2.05) is 36.7 Å². The zero-order valence-corrected chi connectivity index (χ0v) is 20.4. The minimum absolute atomic E-state index is 0.0857. The Kier molecular flexibility index (Phi) is 7.66. The fourth-order valence-corrected chi connectivity index (χ4v) is 4.44. The Hall–Kier alpha value is -3.59. The number of nitrogens with one attached hydrogen (secondary N) is 1. The Bertz CT molecular complexity index is 1250. The highest BCUT2D eigenvalue weighted by molar-refractivity contribution is 5.66. The second-order valence-corrected chi connectivity index (χ2v) is 8.91. The van der Waals surface area contributed by atoms with Gasteiger partial charge in [-0.3, -0.25) is 4.79 Å². The molecule has 3 aromatic rings. The molecule has 3 heterocycles. The van der Waals surface area contributed by atoms with E-state index in [0.29, 0.717) is 31.4 Å². The first kappa shape index (κ1) is 24.1. The molecule has 0 spiro atoms. The van der Waals surface area contributed by atoms with Gasteiger partial charge in [0.1, 0.15) is 12.4 Å². The number of methoxy groups -OCH3 is 1. The highest BCUT2D eigenvalue weighted by Crippen LogP contribution is 2.29. The van der Waals surface area contributed by atoms with Crippen LogP contribution in [-0.2, 0) is 20.9 Å². The molecule has 1 N–H and O–H groups in total. The van der Waals surface area contributed by atoms with Gasteiger partial charge in [-0.2, -0.15) is 0 Å². The van der Waals surface area contributed by atoms with Gasteiger partial charge in [0, 0.05) is 38.2 Å². The van der Waals surface area contributed by atoms with Gasteiger partial charge in [0.2, 0.25) is 0 Å². The van der Waals surface area contributed by atoms with Crippen molar-refractivity contribution in [3.05, 3.63) is 100 Å². The fourth-order valence-electron chi connectivity index (χ4n) is 4.44. The van der Waals surface area contributed by atoms with Crippen LogP contribution in [0.4, 0.5) is 5.69 Å². The molecule has 1 fully saturated rings. The number of hydrazine groups is 1. The summed E-state index contributed by atoms with van der Waals surface area (Å²) in [5.41, 5.74) is 6.92. The molecule has 0 saturated carbocycles. The van der Waals surface area contributed by atoms with E-state index in [1.165, 1.54) is 5.56 Å². The van der Waals surface area contributed by atoms with Crippen molar-refractivity contribution in [3.8, 4) is 5.75 Å². The molecule has 8 nitrogen and oxygen atoms in total. The van der Waals surface area contributed by atoms with E-state index in [0.717, 1.165) is 48.6 Å². The first-order valence-corrected chi connectivity index (χ1v) is 12.2. The molecule has 1 aromatic heterocycles. The molecular formula is C28H31N3O5. The molecule has 2 aromatic carbocycles. The van der Waals surface area contributed by atoms with Crippen LogP contribution in [0.3, 0.4) is 0 Å². The summed E-state index contributed by atoms with van der Waals surface area (Å²) in [5, 5.41) is 1.77. The molecular weight excluding hydrogens is 458 g/mol. The van der Waals surface area contributed by atoms with E-state index < -0.39 is 0 Å². The summed E-state index contributed by atoms with van der Waals surface area (Å²) in [6.45, 7) is 3.08. The van der Waals surface area contributed by atoms with Gasteiger partial charge in [-0.25, -0.2) is 5.01 Å². The van der Waals surface area contributed by atoms with Crippen LogP contribution in [0.5, 0.6) is 5.75 Å². The van der Waals surface area contributed by atoms with E-state index >= 15 is 0 Å². The van der Waals surface area contributed by atoms with Crippen LogP contribution in [0.15, 0.2) is 77.9 Å². The SMILES string of the molecule is COCCOc1cccc(Cn2cc(N3C=C(c4ccc(C5CCOCC5)cc4)ON3)ccc2=O)c1. The second kappa shape index (κ2) is 11.4. The van der Waals surface area contributed by atoms with E-state index in [2.05, 4.69) is 29.9 Å². The quantitative estimate of drug-likeness (QED) is 0.454. The first-order chi connectivity index (χ1) is 17.7. The van der Waals surface area contributed by atoms with Crippen LogP contribution in [0, 0.1) is 0 Å². The molecule has 0 atom stereocenters. The largest absolute Gasteiger partial charge is 0.491 e. The Balaban J connectivity index is 1.28. The summed E-state index contributed by atoms with van der Waals surface area (Å²) in [4.78, 5) is 18.3. The number of pyridine rings is 1. The maximum Gasteiger partial charge on any atom is 0.250 e. The third-order valence-electron chi connectivity index (χ3n) is 6.44. The number of hydrogen-bond acceptors (Lipinski definition) is 7. The Morgan fingerprint density at radius 1 is 1.03 bits per heavy atom. The third kappa shape index (κ3) is 5.79. The lowest BCUT2D eigenvalue weighted by atomic mass is 9.91. The molecule has 1 saturated heterocycles. The first-order valence-electron chi connectivity index (χ1n) is 12.2.